The number of halogens is 1. The molecule has 0 unspecified atom stereocenters. The van der Waals surface area contributed by atoms with E-state index in [-0.39, 0.29) is 11.7 Å². The fourth-order valence-corrected chi connectivity index (χ4v) is 1.58. The summed E-state index contributed by atoms with van der Waals surface area (Å²) in [4.78, 5) is 11.6. The fraction of sp³-hybridized carbons (Fsp3) is 0.300. The summed E-state index contributed by atoms with van der Waals surface area (Å²) >= 11 is 5.90. The van der Waals surface area contributed by atoms with Crippen LogP contribution in [0.25, 0.3) is 0 Å². The summed E-state index contributed by atoms with van der Waals surface area (Å²) in [5.41, 5.74) is 6.73. The zero-order valence-corrected chi connectivity index (χ0v) is 7.84. The number of carbonyl (C=O) groups is 1. The van der Waals surface area contributed by atoms with Crippen LogP contribution in [0.3, 0.4) is 0 Å². The Balaban J connectivity index is 2.33. The van der Waals surface area contributed by atoms with Crippen molar-refractivity contribution >= 4 is 23.1 Å². The van der Waals surface area contributed by atoms with E-state index in [4.69, 9.17) is 17.3 Å². The minimum atomic E-state index is 0.157. The molecule has 0 amide bonds. The molecule has 2 N–H and O–H groups in total. The van der Waals surface area contributed by atoms with Gasteiger partial charge in [-0.3, -0.25) is 4.79 Å². The molecule has 0 aliphatic heterocycles. The molecule has 0 heterocycles. The number of ketones is 1. The molecule has 0 saturated heterocycles. The van der Waals surface area contributed by atoms with E-state index in [0.29, 0.717) is 16.3 Å². The number of anilines is 1. The monoisotopic (exact) mass is 195 g/mol. The van der Waals surface area contributed by atoms with Crippen molar-refractivity contribution in [2.45, 2.75) is 12.8 Å². The van der Waals surface area contributed by atoms with E-state index in [2.05, 4.69) is 0 Å². The molecule has 3 heteroatoms. The third-order valence-electron chi connectivity index (χ3n) is 2.21. The van der Waals surface area contributed by atoms with Gasteiger partial charge in [-0.2, -0.15) is 0 Å². The van der Waals surface area contributed by atoms with Crippen LogP contribution in [-0.4, -0.2) is 5.78 Å². The maximum atomic E-state index is 11.6. The minimum Gasteiger partial charge on any atom is -0.399 e. The zero-order valence-electron chi connectivity index (χ0n) is 7.09. The minimum absolute atomic E-state index is 0.157. The van der Waals surface area contributed by atoms with E-state index in [1.165, 1.54) is 0 Å². The van der Waals surface area contributed by atoms with Gasteiger partial charge in [-0.15, -0.1) is 0 Å². The van der Waals surface area contributed by atoms with E-state index < -0.39 is 0 Å². The summed E-state index contributed by atoms with van der Waals surface area (Å²) in [6, 6.07) is 5.04. The molecule has 68 valence electrons. The van der Waals surface area contributed by atoms with E-state index in [0.717, 1.165) is 12.8 Å². The Labute approximate surface area is 81.7 Å². The maximum absolute atomic E-state index is 11.6. The number of nitrogens with two attached hydrogens (primary N) is 1. The summed E-state index contributed by atoms with van der Waals surface area (Å²) in [6.07, 6.45) is 2.00. The molecule has 0 atom stereocenters. The largest absolute Gasteiger partial charge is 0.399 e. The molecule has 1 fully saturated rings. The number of hydrogen-bond acceptors (Lipinski definition) is 2. The van der Waals surface area contributed by atoms with Gasteiger partial charge in [0.05, 0.1) is 5.02 Å². The number of Topliss-reactive ketones (excluding diaryl/α,β-unsaturated/α-hetero) is 1. The lowest BCUT2D eigenvalue weighted by atomic mass is 10.1. The Morgan fingerprint density at radius 1 is 1.46 bits per heavy atom. The molecular formula is C10H10ClNO. The van der Waals surface area contributed by atoms with Crippen molar-refractivity contribution in [3.05, 3.63) is 28.8 Å². The normalized spacial score (nSPS) is 15.8. The first kappa shape index (κ1) is 8.57. The van der Waals surface area contributed by atoms with Gasteiger partial charge < -0.3 is 5.73 Å². The van der Waals surface area contributed by atoms with Crippen LogP contribution in [0.5, 0.6) is 0 Å². The summed E-state index contributed by atoms with van der Waals surface area (Å²) in [7, 11) is 0. The maximum Gasteiger partial charge on any atom is 0.167 e. The number of nitrogen functional groups attached to an aromatic ring is 1. The highest BCUT2D eigenvalue weighted by atomic mass is 35.5. The third kappa shape index (κ3) is 1.68. The van der Waals surface area contributed by atoms with Crippen molar-refractivity contribution in [1.82, 2.24) is 0 Å². The second-order valence-corrected chi connectivity index (χ2v) is 3.79. The average Bonchev–Trinajstić information content (AvgIpc) is 2.85. The molecule has 13 heavy (non-hydrogen) atoms. The number of rotatable bonds is 2. The molecule has 0 bridgehead atoms. The summed E-state index contributed by atoms with van der Waals surface area (Å²) < 4.78 is 0. The van der Waals surface area contributed by atoms with Gasteiger partial charge in [0, 0.05) is 17.2 Å². The Hall–Kier alpha value is -1.02. The molecule has 2 nitrogen and oxygen atoms in total. The lowest BCUT2D eigenvalue weighted by Gasteiger charge is -2.02. The van der Waals surface area contributed by atoms with Crippen molar-refractivity contribution < 1.29 is 4.79 Å². The molecular weight excluding hydrogens is 186 g/mol. The van der Waals surface area contributed by atoms with Gasteiger partial charge in [0.2, 0.25) is 0 Å². The first-order valence-corrected chi connectivity index (χ1v) is 4.65. The second-order valence-electron chi connectivity index (χ2n) is 3.38. The Morgan fingerprint density at radius 3 is 2.69 bits per heavy atom. The van der Waals surface area contributed by atoms with E-state index in [9.17, 15) is 4.79 Å². The van der Waals surface area contributed by atoms with Crippen molar-refractivity contribution in [2.24, 2.45) is 5.92 Å². The molecule has 0 aromatic heterocycles. The lowest BCUT2D eigenvalue weighted by molar-refractivity contribution is 0.0968. The molecule has 0 radical (unpaired) electrons. The topological polar surface area (TPSA) is 43.1 Å². The number of benzene rings is 1. The highest BCUT2D eigenvalue weighted by Crippen LogP contribution is 2.34. The van der Waals surface area contributed by atoms with Gasteiger partial charge >= 0.3 is 0 Å². The highest BCUT2D eigenvalue weighted by Gasteiger charge is 2.31. The Kier molecular flexibility index (Phi) is 2.00. The zero-order chi connectivity index (χ0) is 9.42. The van der Waals surface area contributed by atoms with Gasteiger partial charge in [0.1, 0.15) is 0 Å². The van der Waals surface area contributed by atoms with Crippen LogP contribution in [0.1, 0.15) is 23.2 Å². The number of carbonyl (C=O) groups excluding carboxylic acids is 1. The van der Waals surface area contributed by atoms with Gasteiger partial charge in [0.25, 0.3) is 0 Å². The number of hydrogen-bond donors (Lipinski definition) is 1. The summed E-state index contributed by atoms with van der Waals surface area (Å²) in [5.74, 6) is 0.367. The van der Waals surface area contributed by atoms with Crippen LogP contribution in [0.15, 0.2) is 18.2 Å². The molecule has 1 aromatic carbocycles. The molecule has 0 spiro atoms. The third-order valence-corrected chi connectivity index (χ3v) is 2.52. The van der Waals surface area contributed by atoms with E-state index >= 15 is 0 Å². The van der Waals surface area contributed by atoms with Gasteiger partial charge in [0.15, 0.2) is 5.78 Å². The van der Waals surface area contributed by atoms with Crippen molar-refractivity contribution in [1.29, 1.82) is 0 Å². The van der Waals surface area contributed by atoms with Crippen molar-refractivity contribution in [2.75, 3.05) is 5.73 Å². The van der Waals surface area contributed by atoms with Gasteiger partial charge in [-0.1, -0.05) is 11.6 Å². The highest BCUT2D eigenvalue weighted by molar-refractivity contribution is 6.34. The van der Waals surface area contributed by atoms with E-state index in [1.807, 2.05) is 0 Å². The average molecular weight is 196 g/mol. The van der Waals surface area contributed by atoms with Crippen LogP contribution in [0.4, 0.5) is 5.69 Å². The van der Waals surface area contributed by atoms with Gasteiger partial charge in [-0.05, 0) is 31.0 Å². The van der Waals surface area contributed by atoms with Crippen LogP contribution in [0, 0.1) is 5.92 Å². The van der Waals surface area contributed by atoms with Crippen molar-refractivity contribution in [3.63, 3.8) is 0 Å². The quantitative estimate of drug-likeness (QED) is 0.582. The molecule has 1 aliphatic carbocycles. The van der Waals surface area contributed by atoms with Gasteiger partial charge in [-0.25, -0.2) is 0 Å². The smallest absolute Gasteiger partial charge is 0.167 e. The first-order chi connectivity index (χ1) is 6.18. The first-order valence-electron chi connectivity index (χ1n) is 4.27. The molecule has 1 saturated carbocycles. The lowest BCUT2D eigenvalue weighted by Crippen LogP contribution is -2.02. The standard InChI is InChI=1S/C10H10ClNO/c11-9-5-7(12)3-4-8(9)10(13)6-1-2-6/h3-6H,1-2,12H2. The second kappa shape index (κ2) is 3.04. The fourth-order valence-electron chi connectivity index (χ4n) is 1.30. The van der Waals surface area contributed by atoms with Crippen molar-refractivity contribution in [3.8, 4) is 0 Å². The SMILES string of the molecule is Nc1ccc(C(=O)C2CC2)c(Cl)c1. The van der Waals surface area contributed by atoms with Crippen LogP contribution in [-0.2, 0) is 0 Å². The van der Waals surface area contributed by atoms with E-state index in [1.54, 1.807) is 18.2 Å². The van der Waals surface area contributed by atoms with Crippen LogP contribution in [0.2, 0.25) is 5.02 Å². The Bertz CT molecular complexity index is 358. The molecule has 1 aliphatic rings. The van der Waals surface area contributed by atoms with Crippen LogP contribution >= 0.6 is 11.6 Å². The predicted molar refractivity (Wildman–Crippen MR) is 52.9 cm³/mol. The predicted octanol–water partition coefficient (Wildman–Crippen LogP) is 2.51. The molecule has 2 rings (SSSR count). The summed E-state index contributed by atoms with van der Waals surface area (Å²) in [5, 5.41) is 0.469. The van der Waals surface area contributed by atoms with Crippen LogP contribution < -0.4 is 5.73 Å². The summed E-state index contributed by atoms with van der Waals surface area (Å²) in [6.45, 7) is 0. The molecule has 1 aromatic rings. The Morgan fingerprint density at radius 2 is 2.15 bits per heavy atom.